The van der Waals surface area contributed by atoms with Gasteiger partial charge in [0.2, 0.25) is 11.7 Å². The van der Waals surface area contributed by atoms with Gasteiger partial charge in [-0.05, 0) is 48.5 Å². The summed E-state index contributed by atoms with van der Waals surface area (Å²) >= 11 is 0. The Morgan fingerprint density at radius 2 is 1.61 bits per heavy atom. The van der Waals surface area contributed by atoms with Crippen molar-refractivity contribution in [1.29, 1.82) is 0 Å². The monoisotopic (exact) mass is 546 g/mol. The van der Waals surface area contributed by atoms with Crippen LogP contribution >= 0.6 is 0 Å². The number of benzene rings is 3. The van der Waals surface area contributed by atoms with Crippen molar-refractivity contribution in [1.82, 2.24) is 5.32 Å². The van der Waals surface area contributed by atoms with E-state index in [-0.39, 0.29) is 29.5 Å². The maximum atomic E-state index is 13.7. The minimum absolute atomic E-state index is 0.0175. The lowest BCUT2D eigenvalue weighted by Crippen LogP contribution is -2.40. The van der Waals surface area contributed by atoms with Crippen molar-refractivity contribution in [2.75, 3.05) is 45.4 Å². The largest absolute Gasteiger partial charge is 0.493 e. The van der Waals surface area contributed by atoms with Crippen LogP contribution in [0.5, 0.6) is 28.7 Å². The maximum absolute atomic E-state index is 13.7. The molecule has 3 aromatic carbocycles. The SMILES string of the molecule is COc1ccc(CNC(=O)CN(c2ccc(F)cc2)S(=O)(=O)c2ccc3c(c2)OCCO3)c(OC)c1OC. The van der Waals surface area contributed by atoms with Crippen molar-refractivity contribution in [2.45, 2.75) is 11.4 Å². The molecule has 0 saturated carbocycles. The molecule has 12 heteroatoms. The van der Waals surface area contributed by atoms with E-state index in [0.717, 1.165) is 16.4 Å². The maximum Gasteiger partial charge on any atom is 0.264 e. The van der Waals surface area contributed by atoms with Crippen molar-refractivity contribution in [3.63, 3.8) is 0 Å². The first-order valence-electron chi connectivity index (χ1n) is 11.5. The van der Waals surface area contributed by atoms with E-state index in [4.69, 9.17) is 23.7 Å². The van der Waals surface area contributed by atoms with Crippen molar-refractivity contribution >= 4 is 21.6 Å². The smallest absolute Gasteiger partial charge is 0.264 e. The van der Waals surface area contributed by atoms with Crippen molar-refractivity contribution in [2.24, 2.45) is 0 Å². The van der Waals surface area contributed by atoms with Gasteiger partial charge < -0.3 is 29.0 Å². The highest BCUT2D eigenvalue weighted by atomic mass is 32.2. The number of carbonyl (C=O) groups is 1. The van der Waals surface area contributed by atoms with E-state index >= 15 is 0 Å². The average Bonchev–Trinajstić information content (AvgIpc) is 2.94. The summed E-state index contributed by atoms with van der Waals surface area (Å²) in [7, 11) is 0.155. The summed E-state index contributed by atoms with van der Waals surface area (Å²) in [6.45, 7) is 0.0771. The lowest BCUT2D eigenvalue weighted by Gasteiger charge is -2.25. The number of nitrogens with zero attached hydrogens (tertiary/aromatic N) is 1. The van der Waals surface area contributed by atoms with Gasteiger partial charge in [-0.15, -0.1) is 0 Å². The first-order chi connectivity index (χ1) is 18.3. The average molecular weight is 547 g/mol. The molecule has 0 fully saturated rings. The van der Waals surface area contributed by atoms with Crippen LogP contribution in [0.25, 0.3) is 0 Å². The van der Waals surface area contributed by atoms with E-state index in [0.29, 0.717) is 35.2 Å². The summed E-state index contributed by atoms with van der Waals surface area (Å²) in [4.78, 5) is 12.9. The van der Waals surface area contributed by atoms with Crippen molar-refractivity contribution < 1.29 is 41.3 Å². The van der Waals surface area contributed by atoms with E-state index in [2.05, 4.69) is 5.32 Å². The number of fused-ring (bicyclic) bond motifs is 1. The van der Waals surface area contributed by atoms with E-state index < -0.39 is 28.3 Å². The van der Waals surface area contributed by atoms with Gasteiger partial charge in [0.1, 0.15) is 25.6 Å². The van der Waals surface area contributed by atoms with Crippen LogP contribution in [0.15, 0.2) is 59.5 Å². The molecular formula is C26H27FN2O8S. The zero-order valence-corrected chi connectivity index (χ0v) is 21.8. The number of carbonyl (C=O) groups excluding carboxylic acids is 1. The molecular weight excluding hydrogens is 519 g/mol. The molecule has 0 bridgehead atoms. The number of sulfonamides is 1. The number of hydrogen-bond donors (Lipinski definition) is 1. The molecule has 0 radical (unpaired) electrons. The topological polar surface area (TPSA) is 113 Å². The van der Waals surface area contributed by atoms with E-state index in [1.807, 2.05) is 0 Å². The predicted octanol–water partition coefficient (Wildman–Crippen LogP) is 3.13. The Hall–Kier alpha value is -4.19. The van der Waals surface area contributed by atoms with E-state index in [1.165, 1.54) is 51.7 Å². The third-order valence-electron chi connectivity index (χ3n) is 5.77. The molecule has 0 aliphatic carbocycles. The summed E-state index contributed by atoms with van der Waals surface area (Å²) in [5.74, 6) is 0.726. The highest BCUT2D eigenvalue weighted by Crippen LogP contribution is 2.39. The van der Waals surface area contributed by atoms with Gasteiger partial charge in [0.15, 0.2) is 23.0 Å². The lowest BCUT2D eigenvalue weighted by atomic mass is 10.1. The molecule has 1 N–H and O–H groups in total. The molecule has 10 nitrogen and oxygen atoms in total. The molecule has 1 amide bonds. The first-order valence-corrected chi connectivity index (χ1v) is 12.9. The van der Waals surface area contributed by atoms with Gasteiger partial charge in [-0.3, -0.25) is 9.10 Å². The fourth-order valence-electron chi connectivity index (χ4n) is 3.92. The number of halogens is 1. The summed E-state index contributed by atoms with van der Waals surface area (Å²) in [6.07, 6.45) is 0. The molecule has 0 unspecified atom stereocenters. The lowest BCUT2D eigenvalue weighted by molar-refractivity contribution is -0.119. The molecule has 1 heterocycles. The van der Waals surface area contributed by atoms with Gasteiger partial charge in [0.05, 0.1) is 31.9 Å². The number of rotatable bonds is 10. The second-order valence-corrected chi connectivity index (χ2v) is 9.93. The standard InChI is InChI=1S/C26H27FN2O8S/c1-33-22-10-4-17(25(34-2)26(22)35-3)15-28-24(30)16-29(19-7-5-18(27)6-8-19)38(31,32)20-9-11-21-23(14-20)37-13-12-36-21/h4-11,14H,12-13,15-16H2,1-3H3,(H,28,30). The van der Waals surface area contributed by atoms with Gasteiger partial charge in [0, 0.05) is 18.2 Å². The van der Waals surface area contributed by atoms with Crippen molar-refractivity contribution in [3.05, 3.63) is 66.0 Å². The van der Waals surface area contributed by atoms with Crippen LogP contribution in [0.3, 0.4) is 0 Å². The molecule has 38 heavy (non-hydrogen) atoms. The van der Waals surface area contributed by atoms with Crippen LogP contribution in [0.1, 0.15) is 5.56 Å². The Kier molecular flexibility index (Phi) is 8.10. The van der Waals surface area contributed by atoms with E-state index in [9.17, 15) is 17.6 Å². The quantitative estimate of drug-likeness (QED) is 0.413. The molecule has 0 aromatic heterocycles. The fraction of sp³-hybridized carbons (Fsp3) is 0.269. The molecule has 1 aliphatic heterocycles. The van der Waals surface area contributed by atoms with Crippen LogP contribution in [0.2, 0.25) is 0 Å². The zero-order valence-electron chi connectivity index (χ0n) is 21.0. The Bertz CT molecular complexity index is 1410. The highest BCUT2D eigenvalue weighted by molar-refractivity contribution is 7.92. The Morgan fingerprint density at radius 3 is 2.26 bits per heavy atom. The number of ether oxygens (including phenoxy) is 5. The zero-order chi connectivity index (χ0) is 27.3. The molecule has 0 atom stereocenters. The van der Waals surface area contributed by atoms with Gasteiger partial charge in [-0.25, -0.2) is 12.8 Å². The Labute approximate surface area is 219 Å². The summed E-state index contributed by atoms with van der Waals surface area (Å²) in [6, 6.07) is 12.4. The Morgan fingerprint density at radius 1 is 0.921 bits per heavy atom. The number of hydrogen-bond acceptors (Lipinski definition) is 8. The van der Waals surface area contributed by atoms with Gasteiger partial charge >= 0.3 is 0 Å². The van der Waals surface area contributed by atoms with Crippen LogP contribution in [-0.2, 0) is 21.4 Å². The third kappa shape index (κ3) is 5.54. The second-order valence-electron chi connectivity index (χ2n) is 8.06. The molecule has 0 spiro atoms. The molecule has 1 aliphatic rings. The number of methoxy groups -OCH3 is 3. The summed E-state index contributed by atoms with van der Waals surface area (Å²) < 4.78 is 68.9. The minimum atomic E-state index is -4.26. The fourth-order valence-corrected chi connectivity index (χ4v) is 5.35. The number of amides is 1. The molecule has 202 valence electrons. The molecule has 4 rings (SSSR count). The first kappa shape index (κ1) is 26.9. The molecule has 0 saturated heterocycles. The van der Waals surface area contributed by atoms with E-state index in [1.54, 1.807) is 12.1 Å². The summed E-state index contributed by atoms with van der Waals surface area (Å²) in [5, 5.41) is 2.71. The third-order valence-corrected chi connectivity index (χ3v) is 7.54. The number of nitrogens with one attached hydrogen (secondary N) is 1. The normalized spacial score (nSPS) is 12.4. The predicted molar refractivity (Wildman–Crippen MR) is 136 cm³/mol. The van der Waals surface area contributed by atoms with Gasteiger partial charge in [-0.2, -0.15) is 0 Å². The van der Waals surface area contributed by atoms with Gasteiger partial charge in [0.25, 0.3) is 10.0 Å². The van der Waals surface area contributed by atoms with Crippen LogP contribution in [0.4, 0.5) is 10.1 Å². The van der Waals surface area contributed by atoms with Crippen molar-refractivity contribution in [3.8, 4) is 28.7 Å². The van der Waals surface area contributed by atoms with Gasteiger partial charge in [-0.1, -0.05) is 0 Å². The minimum Gasteiger partial charge on any atom is -0.493 e. The summed E-state index contributed by atoms with van der Waals surface area (Å²) in [5.41, 5.74) is 0.696. The molecule has 3 aromatic rings. The Balaban J connectivity index is 1.60. The van der Waals surface area contributed by atoms with Crippen LogP contribution < -0.4 is 33.3 Å². The van der Waals surface area contributed by atoms with Crippen LogP contribution in [0, 0.1) is 5.82 Å². The second kappa shape index (κ2) is 11.5. The number of anilines is 1. The highest BCUT2D eigenvalue weighted by Gasteiger charge is 2.29. The van der Waals surface area contributed by atoms with Crippen LogP contribution in [-0.4, -0.2) is 55.4 Å².